The van der Waals surface area contributed by atoms with E-state index in [9.17, 15) is 4.79 Å². The van der Waals surface area contributed by atoms with E-state index in [0.29, 0.717) is 18.3 Å². The molecule has 0 rings (SSSR count). The van der Waals surface area contributed by atoms with Crippen molar-refractivity contribution in [2.24, 2.45) is 11.8 Å². The summed E-state index contributed by atoms with van der Waals surface area (Å²) < 4.78 is 5.43. The third-order valence-electron chi connectivity index (χ3n) is 2.64. The van der Waals surface area contributed by atoms with Crippen molar-refractivity contribution in [3.8, 4) is 0 Å². The third kappa shape index (κ3) is 9.92. The highest BCUT2D eigenvalue weighted by Crippen LogP contribution is 2.18. The standard InChI is InChI=1S/C13H26O2/c1-4-9-15-10-5-6-12(2)11-13(3)7-8-14/h8,12-13H,4-7,9-11H2,1-3H3. The highest BCUT2D eigenvalue weighted by atomic mass is 16.5. The van der Waals surface area contributed by atoms with Crippen molar-refractivity contribution in [3.63, 3.8) is 0 Å². The molecule has 0 aromatic heterocycles. The first kappa shape index (κ1) is 14.6. The summed E-state index contributed by atoms with van der Waals surface area (Å²) in [5.74, 6) is 1.25. The smallest absolute Gasteiger partial charge is 0.120 e. The van der Waals surface area contributed by atoms with Crippen LogP contribution in [0.25, 0.3) is 0 Å². The summed E-state index contributed by atoms with van der Waals surface area (Å²) in [7, 11) is 0. The summed E-state index contributed by atoms with van der Waals surface area (Å²) in [5, 5.41) is 0. The molecule has 90 valence electrons. The highest BCUT2D eigenvalue weighted by molar-refractivity contribution is 5.49. The summed E-state index contributed by atoms with van der Waals surface area (Å²) in [6.45, 7) is 8.32. The van der Waals surface area contributed by atoms with E-state index in [1.54, 1.807) is 0 Å². The molecular weight excluding hydrogens is 188 g/mol. The lowest BCUT2D eigenvalue weighted by Gasteiger charge is -2.15. The van der Waals surface area contributed by atoms with Gasteiger partial charge in [-0.2, -0.15) is 0 Å². The molecule has 2 nitrogen and oxygen atoms in total. The molecule has 2 heteroatoms. The average molecular weight is 214 g/mol. The normalized spacial score (nSPS) is 14.9. The number of rotatable bonds is 10. The van der Waals surface area contributed by atoms with Gasteiger partial charge in [-0.3, -0.25) is 0 Å². The first-order valence-corrected chi connectivity index (χ1v) is 6.22. The predicted molar refractivity (Wildman–Crippen MR) is 64.0 cm³/mol. The van der Waals surface area contributed by atoms with Crippen molar-refractivity contribution in [2.75, 3.05) is 13.2 Å². The Bertz CT molecular complexity index is 145. The SMILES string of the molecule is CCCOCCCC(C)CC(C)CC=O. The van der Waals surface area contributed by atoms with Crippen LogP contribution in [-0.4, -0.2) is 19.5 Å². The molecule has 0 spiro atoms. The molecule has 0 saturated carbocycles. The fourth-order valence-electron chi connectivity index (χ4n) is 1.85. The Morgan fingerprint density at radius 3 is 2.53 bits per heavy atom. The van der Waals surface area contributed by atoms with Gasteiger partial charge < -0.3 is 9.53 Å². The molecule has 0 amide bonds. The molecular formula is C13H26O2. The van der Waals surface area contributed by atoms with Crippen LogP contribution in [0, 0.1) is 11.8 Å². The van der Waals surface area contributed by atoms with Crippen molar-refractivity contribution < 1.29 is 9.53 Å². The largest absolute Gasteiger partial charge is 0.381 e. The maximum Gasteiger partial charge on any atom is 0.120 e. The Morgan fingerprint density at radius 2 is 1.93 bits per heavy atom. The zero-order valence-electron chi connectivity index (χ0n) is 10.5. The number of carbonyl (C=O) groups is 1. The number of aldehydes is 1. The Morgan fingerprint density at radius 1 is 1.20 bits per heavy atom. The monoisotopic (exact) mass is 214 g/mol. The van der Waals surface area contributed by atoms with Gasteiger partial charge in [-0.15, -0.1) is 0 Å². The van der Waals surface area contributed by atoms with Gasteiger partial charge in [-0.05, 0) is 37.5 Å². The van der Waals surface area contributed by atoms with Crippen molar-refractivity contribution in [1.82, 2.24) is 0 Å². The Hall–Kier alpha value is -0.370. The van der Waals surface area contributed by atoms with E-state index < -0.39 is 0 Å². The lowest BCUT2D eigenvalue weighted by molar-refractivity contribution is -0.108. The molecule has 0 bridgehead atoms. The quantitative estimate of drug-likeness (QED) is 0.411. The van der Waals surface area contributed by atoms with Gasteiger partial charge in [-0.1, -0.05) is 20.8 Å². The van der Waals surface area contributed by atoms with Gasteiger partial charge in [0.2, 0.25) is 0 Å². The molecule has 0 saturated heterocycles. The fourth-order valence-corrected chi connectivity index (χ4v) is 1.85. The minimum atomic E-state index is 0.536. The van der Waals surface area contributed by atoms with E-state index >= 15 is 0 Å². The molecule has 0 radical (unpaired) electrons. The molecule has 2 unspecified atom stereocenters. The molecule has 0 fully saturated rings. The van der Waals surface area contributed by atoms with Crippen molar-refractivity contribution in [2.45, 2.75) is 52.9 Å². The zero-order chi connectivity index (χ0) is 11.5. The van der Waals surface area contributed by atoms with Crippen molar-refractivity contribution >= 4 is 6.29 Å². The van der Waals surface area contributed by atoms with E-state index in [1.807, 2.05) is 0 Å². The van der Waals surface area contributed by atoms with Gasteiger partial charge in [-0.25, -0.2) is 0 Å². The highest BCUT2D eigenvalue weighted by Gasteiger charge is 2.07. The minimum Gasteiger partial charge on any atom is -0.381 e. The summed E-state index contributed by atoms with van der Waals surface area (Å²) in [6, 6.07) is 0. The summed E-state index contributed by atoms with van der Waals surface area (Å²) in [5.41, 5.74) is 0. The topological polar surface area (TPSA) is 26.3 Å². The third-order valence-corrected chi connectivity index (χ3v) is 2.64. The van der Waals surface area contributed by atoms with Crippen LogP contribution in [0.15, 0.2) is 0 Å². The maximum atomic E-state index is 10.3. The number of ether oxygens (including phenoxy) is 1. The van der Waals surface area contributed by atoms with Gasteiger partial charge in [0.25, 0.3) is 0 Å². The van der Waals surface area contributed by atoms with E-state index in [0.717, 1.165) is 38.8 Å². The molecule has 0 aromatic rings. The lowest BCUT2D eigenvalue weighted by atomic mass is 9.92. The van der Waals surface area contributed by atoms with Crippen LogP contribution in [0.2, 0.25) is 0 Å². The summed E-state index contributed by atoms with van der Waals surface area (Å²) in [4.78, 5) is 10.3. The van der Waals surface area contributed by atoms with Crippen LogP contribution in [0.4, 0.5) is 0 Å². The van der Waals surface area contributed by atoms with Gasteiger partial charge >= 0.3 is 0 Å². The number of hydrogen-bond donors (Lipinski definition) is 0. The Kier molecular flexibility index (Phi) is 9.91. The summed E-state index contributed by atoms with van der Waals surface area (Å²) >= 11 is 0. The van der Waals surface area contributed by atoms with Gasteiger partial charge in [0.15, 0.2) is 0 Å². The molecule has 2 atom stereocenters. The lowest BCUT2D eigenvalue weighted by Crippen LogP contribution is -2.05. The Labute approximate surface area is 94.4 Å². The first-order chi connectivity index (χ1) is 7.20. The van der Waals surface area contributed by atoms with E-state index in [1.165, 1.54) is 6.42 Å². The second-order valence-corrected chi connectivity index (χ2v) is 4.60. The van der Waals surface area contributed by atoms with Crippen molar-refractivity contribution in [1.29, 1.82) is 0 Å². The molecule has 0 aromatic carbocycles. The predicted octanol–water partition coefficient (Wildman–Crippen LogP) is 3.44. The van der Waals surface area contributed by atoms with E-state index in [-0.39, 0.29) is 0 Å². The molecule has 0 aliphatic rings. The van der Waals surface area contributed by atoms with Gasteiger partial charge in [0, 0.05) is 19.6 Å². The van der Waals surface area contributed by atoms with Crippen LogP contribution in [0.3, 0.4) is 0 Å². The van der Waals surface area contributed by atoms with Crippen molar-refractivity contribution in [3.05, 3.63) is 0 Å². The average Bonchev–Trinajstić information content (AvgIpc) is 2.17. The van der Waals surface area contributed by atoms with E-state index in [4.69, 9.17) is 4.74 Å². The zero-order valence-corrected chi connectivity index (χ0v) is 10.5. The fraction of sp³-hybridized carbons (Fsp3) is 0.923. The maximum absolute atomic E-state index is 10.3. The van der Waals surface area contributed by atoms with Gasteiger partial charge in [0.1, 0.15) is 6.29 Å². The molecule has 0 N–H and O–H groups in total. The van der Waals surface area contributed by atoms with Crippen LogP contribution in [-0.2, 0) is 9.53 Å². The molecule has 15 heavy (non-hydrogen) atoms. The first-order valence-electron chi connectivity index (χ1n) is 6.22. The Balaban J connectivity index is 3.32. The van der Waals surface area contributed by atoms with Crippen LogP contribution < -0.4 is 0 Å². The second-order valence-electron chi connectivity index (χ2n) is 4.60. The summed E-state index contributed by atoms with van der Waals surface area (Å²) in [6.07, 6.45) is 6.36. The van der Waals surface area contributed by atoms with Crippen LogP contribution in [0.5, 0.6) is 0 Å². The number of carbonyl (C=O) groups excluding carboxylic acids is 1. The van der Waals surface area contributed by atoms with E-state index in [2.05, 4.69) is 20.8 Å². The van der Waals surface area contributed by atoms with Gasteiger partial charge in [0.05, 0.1) is 0 Å². The second kappa shape index (κ2) is 10.2. The molecule has 0 aliphatic heterocycles. The van der Waals surface area contributed by atoms with Crippen LogP contribution in [0.1, 0.15) is 52.9 Å². The molecule has 0 heterocycles. The minimum absolute atomic E-state index is 0.536. The molecule has 0 aliphatic carbocycles. The number of hydrogen-bond acceptors (Lipinski definition) is 2. The van der Waals surface area contributed by atoms with Crippen LogP contribution >= 0.6 is 0 Å².